The van der Waals surface area contributed by atoms with Crippen molar-refractivity contribution in [2.75, 3.05) is 0 Å². The van der Waals surface area contributed by atoms with Crippen LogP contribution in [0.5, 0.6) is 5.75 Å². The van der Waals surface area contributed by atoms with Gasteiger partial charge >= 0.3 is 5.69 Å². The van der Waals surface area contributed by atoms with Gasteiger partial charge in [0.2, 0.25) is 0 Å². The van der Waals surface area contributed by atoms with Gasteiger partial charge in [0.1, 0.15) is 18.5 Å². The largest absolute Gasteiger partial charge is 0.482 e. The number of nitro groups is 1. The maximum absolute atomic E-state index is 13.1. The zero-order valence-corrected chi connectivity index (χ0v) is 19.7. The molecule has 9 nitrogen and oxygen atoms in total. The molecule has 0 saturated carbocycles. The fraction of sp³-hybridized carbons (Fsp3) is 0.192. The van der Waals surface area contributed by atoms with Crippen molar-refractivity contribution in [1.29, 1.82) is 0 Å². The number of hydrogen-bond donors (Lipinski definition) is 2. The molecule has 0 aliphatic rings. The van der Waals surface area contributed by atoms with Crippen LogP contribution in [0, 0.1) is 21.8 Å². The molecular weight excluding hydrogens is 467 g/mol. The molecule has 36 heavy (non-hydrogen) atoms. The number of benzene rings is 3. The van der Waals surface area contributed by atoms with Crippen molar-refractivity contribution in [3.8, 4) is 5.75 Å². The van der Waals surface area contributed by atoms with E-state index in [0.717, 1.165) is 17.7 Å². The van der Waals surface area contributed by atoms with Gasteiger partial charge in [-0.2, -0.15) is 5.10 Å². The Bertz CT molecular complexity index is 1250. The minimum absolute atomic E-state index is 0.105. The first kappa shape index (κ1) is 26.0. The lowest BCUT2D eigenvalue weighted by Crippen LogP contribution is -2.48. The van der Waals surface area contributed by atoms with E-state index >= 15 is 0 Å². The maximum Gasteiger partial charge on any atom is 0.311 e. The minimum Gasteiger partial charge on any atom is -0.482 e. The van der Waals surface area contributed by atoms with Gasteiger partial charge in [-0.1, -0.05) is 44.2 Å². The number of ether oxygens (including phenoxy) is 1. The molecule has 0 aliphatic heterocycles. The van der Waals surface area contributed by atoms with Crippen molar-refractivity contribution in [1.82, 2.24) is 10.7 Å². The van der Waals surface area contributed by atoms with E-state index in [-0.39, 0.29) is 29.5 Å². The Balaban J connectivity index is 1.64. The third-order valence-corrected chi connectivity index (χ3v) is 5.15. The Morgan fingerprint density at radius 2 is 1.78 bits per heavy atom. The van der Waals surface area contributed by atoms with Gasteiger partial charge in [0.15, 0.2) is 5.75 Å². The highest BCUT2D eigenvalue weighted by Gasteiger charge is 2.24. The molecule has 3 aromatic carbocycles. The third-order valence-electron chi connectivity index (χ3n) is 5.15. The number of carbonyl (C=O) groups is 2. The quantitative estimate of drug-likeness (QED) is 0.249. The summed E-state index contributed by atoms with van der Waals surface area (Å²) in [6.45, 7) is 3.66. The molecule has 0 radical (unpaired) electrons. The van der Waals surface area contributed by atoms with E-state index in [1.165, 1.54) is 30.5 Å². The van der Waals surface area contributed by atoms with Crippen molar-refractivity contribution in [2.24, 2.45) is 11.0 Å². The molecule has 3 aromatic rings. The summed E-state index contributed by atoms with van der Waals surface area (Å²) in [7, 11) is 0. The van der Waals surface area contributed by atoms with E-state index in [9.17, 15) is 24.1 Å². The molecule has 0 aliphatic carbocycles. The molecule has 0 fully saturated rings. The molecule has 0 bridgehead atoms. The van der Waals surface area contributed by atoms with E-state index in [1.54, 1.807) is 19.9 Å². The number of halogens is 1. The molecule has 2 N–H and O–H groups in total. The Morgan fingerprint density at radius 3 is 2.42 bits per heavy atom. The van der Waals surface area contributed by atoms with Crippen molar-refractivity contribution < 1.29 is 23.6 Å². The molecule has 1 unspecified atom stereocenters. The van der Waals surface area contributed by atoms with E-state index < -0.39 is 28.6 Å². The normalized spacial score (nSPS) is 11.8. The summed E-state index contributed by atoms with van der Waals surface area (Å²) in [5.74, 6) is -1.75. The summed E-state index contributed by atoms with van der Waals surface area (Å²) in [5, 5.41) is 18.0. The molecule has 186 valence electrons. The van der Waals surface area contributed by atoms with Gasteiger partial charge < -0.3 is 10.1 Å². The molecule has 1 atom stereocenters. The highest BCUT2D eigenvalue weighted by molar-refractivity contribution is 5.97. The Labute approximate surface area is 207 Å². The number of hydrogen-bond acceptors (Lipinski definition) is 6. The number of nitro benzene ring substituents is 1. The van der Waals surface area contributed by atoms with Crippen LogP contribution in [0.2, 0.25) is 0 Å². The van der Waals surface area contributed by atoms with Gasteiger partial charge in [0.05, 0.1) is 11.1 Å². The zero-order valence-electron chi connectivity index (χ0n) is 19.7. The average molecular weight is 493 g/mol. The second kappa shape index (κ2) is 12.2. The van der Waals surface area contributed by atoms with Crippen molar-refractivity contribution >= 4 is 23.7 Å². The van der Waals surface area contributed by atoms with E-state index in [0.29, 0.717) is 5.56 Å². The van der Waals surface area contributed by atoms with Gasteiger partial charge in [-0.25, -0.2) is 9.82 Å². The third kappa shape index (κ3) is 7.20. The summed E-state index contributed by atoms with van der Waals surface area (Å²) < 4.78 is 18.7. The van der Waals surface area contributed by atoms with Crippen LogP contribution in [0.4, 0.5) is 10.1 Å². The van der Waals surface area contributed by atoms with Crippen LogP contribution in [0.25, 0.3) is 0 Å². The highest BCUT2D eigenvalue weighted by Crippen LogP contribution is 2.28. The maximum atomic E-state index is 13.1. The van der Waals surface area contributed by atoms with Crippen LogP contribution in [0.1, 0.15) is 35.3 Å². The van der Waals surface area contributed by atoms with Gasteiger partial charge in [-0.3, -0.25) is 19.7 Å². The fourth-order valence-electron chi connectivity index (χ4n) is 3.22. The van der Waals surface area contributed by atoms with Crippen molar-refractivity contribution in [3.63, 3.8) is 0 Å². The number of amides is 2. The van der Waals surface area contributed by atoms with Gasteiger partial charge in [-0.15, -0.1) is 0 Å². The van der Waals surface area contributed by atoms with Crippen molar-refractivity contribution in [3.05, 3.63) is 105 Å². The molecule has 2 amide bonds. The summed E-state index contributed by atoms with van der Waals surface area (Å²) >= 11 is 0. The number of rotatable bonds is 10. The molecule has 0 saturated heterocycles. The second-order valence-electron chi connectivity index (χ2n) is 8.19. The number of nitrogens with zero attached hydrogens (tertiary/aromatic N) is 2. The van der Waals surface area contributed by atoms with Crippen LogP contribution in [0.3, 0.4) is 0 Å². The first-order valence-corrected chi connectivity index (χ1v) is 11.1. The molecule has 3 rings (SSSR count). The highest BCUT2D eigenvalue weighted by atomic mass is 19.1. The monoisotopic (exact) mass is 492 g/mol. The lowest BCUT2D eigenvalue weighted by Gasteiger charge is -2.20. The standard InChI is InChI=1S/C26H25FN4O5/c1-17(2)24(29-25(32)20-9-11-21(27)12-10-20)26(33)30-28-15-19-8-13-23(22(14-19)31(34)35)36-16-18-6-4-3-5-7-18/h3-15,17,24H,16H2,1-2H3,(H,29,32)(H,30,33)/b28-15+. The van der Waals surface area contributed by atoms with E-state index in [2.05, 4.69) is 15.8 Å². The van der Waals surface area contributed by atoms with Crippen LogP contribution in [0.15, 0.2) is 77.9 Å². The minimum atomic E-state index is -0.914. The van der Waals surface area contributed by atoms with Crippen molar-refractivity contribution in [2.45, 2.75) is 26.5 Å². The average Bonchev–Trinajstić information content (AvgIpc) is 2.87. The van der Waals surface area contributed by atoms with Gasteiger partial charge in [0, 0.05) is 17.2 Å². The lowest BCUT2D eigenvalue weighted by molar-refractivity contribution is -0.385. The Kier molecular flexibility index (Phi) is 8.82. The van der Waals surface area contributed by atoms with Crippen LogP contribution >= 0.6 is 0 Å². The molecule has 0 heterocycles. The van der Waals surface area contributed by atoms with Crippen LogP contribution < -0.4 is 15.5 Å². The number of carbonyl (C=O) groups excluding carboxylic acids is 2. The van der Waals surface area contributed by atoms with Crippen LogP contribution in [-0.4, -0.2) is 29.0 Å². The van der Waals surface area contributed by atoms with Gasteiger partial charge in [0.25, 0.3) is 11.8 Å². The second-order valence-corrected chi connectivity index (χ2v) is 8.19. The number of nitrogens with one attached hydrogen (secondary N) is 2. The predicted octanol–water partition coefficient (Wildman–Crippen LogP) is 4.22. The number of hydrazone groups is 1. The summed E-state index contributed by atoms with van der Waals surface area (Å²) in [4.78, 5) is 36.0. The van der Waals surface area contributed by atoms with E-state index in [4.69, 9.17) is 4.74 Å². The molecule has 0 spiro atoms. The summed E-state index contributed by atoms with van der Waals surface area (Å²) in [6.07, 6.45) is 1.26. The predicted molar refractivity (Wildman–Crippen MR) is 132 cm³/mol. The smallest absolute Gasteiger partial charge is 0.311 e. The molecular formula is C26H25FN4O5. The molecule has 0 aromatic heterocycles. The summed E-state index contributed by atoms with van der Waals surface area (Å²) in [5.41, 5.74) is 3.54. The SMILES string of the molecule is CC(C)C(NC(=O)c1ccc(F)cc1)C(=O)N/N=C/c1ccc(OCc2ccccc2)c([N+](=O)[O-])c1. The van der Waals surface area contributed by atoms with Crippen LogP contribution in [-0.2, 0) is 11.4 Å². The first-order chi connectivity index (χ1) is 17.2. The fourth-order valence-corrected chi connectivity index (χ4v) is 3.22. The van der Waals surface area contributed by atoms with Gasteiger partial charge in [-0.05, 0) is 47.9 Å². The summed E-state index contributed by atoms with van der Waals surface area (Å²) in [6, 6.07) is 17.6. The molecule has 10 heteroatoms. The topological polar surface area (TPSA) is 123 Å². The van der Waals surface area contributed by atoms with E-state index in [1.807, 2.05) is 30.3 Å². The Morgan fingerprint density at radius 1 is 1.08 bits per heavy atom. The Hall–Kier alpha value is -4.60. The zero-order chi connectivity index (χ0) is 26.1. The lowest BCUT2D eigenvalue weighted by atomic mass is 10.0. The first-order valence-electron chi connectivity index (χ1n) is 11.1.